The lowest BCUT2D eigenvalue weighted by Crippen LogP contribution is -2.45. The molecule has 2 aromatic carbocycles. The van der Waals surface area contributed by atoms with Crippen LogP contribution in [0.15, 0.2) is 54.6 Å². The van der Waals surface area contributed by atoms with E-state index in [1.54, 1.807) is 24.3 Å². The average molecular weight is 433 g/mol. The summed E-state index contributed by atoms with van der Waals surface area (Å²) in [7, 11) is 1.82. The number of hydrogen-bond donors (Lipinski definition) is 4. The van der Waals surface area contributed by atoms with Crippen molar-refractivity contribution in [2.75, 3.05) is 18.4 Å². The second-order valence-electron chi connectivity index (χ2n) is 7.52. The van der Waals surface area contributed by atoms with Crippen LogP contribution < -0.4 is 21.3 Å². The number of rotatable bonds is 6. The summed E-state index contributed by atoms with van der Waals surface area (Å²) in [4.78, 5) is 49.4. The molecule has 0 saturated heterocycles. The summed E-state index contributed by atoms with van der Waals surface area (Å²) in [6, 6.07) is 15.2. The SMILES string of the molecule is Cn1c(C(=O)NCCNC(=O)CC2NC(=O)c3ccccc3NC2=O)cc2ccccc21. The highest BCUT2D eigenvalue weighted by atomic mass is 16.2. The minimum Gasteiger partial charge on any atom is -0.354 e. The van der Waals surface area contributed by atoms with Crippen molar-refractivity contribution < 1.29 is 19.2 Å². The van der Waals surface area contributed by atoms with Crippen LogP contribution in [0.4, 0.5) is 5.69 Å². The molecule has 4 amide bonds. The van der Waals surface area contributed by atoms with Crippen LogP contribution >= 0.6 is 0 Å². The topological polar surface area (TPSA) is 121 Å². The number of benzene rings is 2. The molecule has 0 fully saturated rings. The third kappa shape index (κ3) is 4.31. The van der Waals surface area contributed by atoms with Gasteiger partial charge in [0.2, 0.25) is 11.8 Å². The molecule has 1 unspecified atom stereocenters. The summed E-state index contributed by atoms with van der Waals surface area (Å²) < 4.78 is 1.81. The molecule has 9 heteroatoms. The van der Waals surface area contributed by atoms with E-state index in [9.17, 15) is 19.2 Å². The Hall–Kier alpha value is -4.14. The van der Waals surface area contributed by atoms with E-state index >= 15 is 0 Å². The average Bonchev–Trinajstić information content (AvgIpc) is 3.07. The van der Waals surface area contributed by atoms with Crippen LogP contribution in [0.5, 0.6) is 0 Å². The molecule has 3 aromatic rings. The molecule has 1 atom stereocenters. The van der Waals surface area contributed by atoms with Crippen molar-refractivity contribution in [3.05, 3.63) is 65.9 Å². The van der Waals surface area contributed by atoms with Gasteiger partial charge in [-0.15, -0.1) is 0 Å². The fraction of sp³-hybridized carbons (Fsp3) is 0.217. The molecule has 1 aliphatic heterocycles. The molecule has 0 radical (unpaired) electrons. The van der Waals surface area contributed by atoms with E-state index in [2.05, 4.69) is 21.3 Å². The van der Waals surface area contributed by atoms with Gasteiger partial charge in [-0.2, -0.15) is 0 Å². The van der Waals surface area contributed by atoms with Gasteiger partial charge in [0, 0.05) is 31.0 Å². The predicted octanol–water partition coefficient (Wildman–Crippen LogP) is 1.17. The van der Waals surface area contributed by atoms with Crippen LogP contribution in [-0.2, 0) is 16.6 Å². The molecular weight excluding hydrogens is 410 g/mol. The van der Waals surface area contributed by atoms with Gasteiger partial charge in [0.05, 0.1) is 17.7 Å². The number of nitrogens with zero attached hydrogens (tertiary/aromatic N) is 1. The second-order valence-corrected chi connectivity index (χ2v) is 7.52. The molecule has 1 aliphatic rings. The summed E-state index contributed by atoms with van der Waals surface area (Å²) in [5, 5.41) is 11.7. The lowest BCUT2D eigenvalue weighted by atomic mass is 10.1. The number of carbonyl (C=O) groups is 4. The first-order chi connectivity index (χ1) is 15.4. The van der Waals surface area contributed by atoms with Gasteiger partial charge in [-0.3, -0.25) is 19.2 Å². The highest BCUT2D eigenvalue weighted by Gasteiger charge is 2.29. The predicted molar refractivity (Wildman–Crippen MR) is 119 cm³/mol. The Morgan fingerprint density at radius 2 is 1.72 bits per heavy atom. The number of carbonyl (C=O) groups excluding carboxylic acids is 4. The van der Waals surface area contributed by atoms with Crippen molar-refractivity contribution in [3.63, 3.8) is 0 Å². The van der Waals surface area contributed by atoms with Gasteiger partial charge in [0.15, 0.2) is 0 Å². The number of aryl methyl sites for hydroxylation is 1. The lowest BCUT2D eigenvalue weighted by molar-refractivity contribution is -0.125. The Labute approximate surface area is 184 Å². The second kappa shape index (κ2) is 8.93. The number of amides is 4. The maximum atomic E-state index is 12.5. The zero-order chi connectivity index (χ0) is 22.7. The van der Waals surface area contributed by atoms with Crippen molar-refractivity contribution in [3.8, 4) is 0 Å². The highest BCUT2D eigenvalue weighted by molar-refractivity contribution is 6.10. The summed E-state index contributed by atoms with van der Waals surface area (Å²) in [6.07, 6.45) is -0.206. The third-order valence-electron chi connectivity index (χ3n) is 5.36. The summed E-state index contributed by atoms with van der Waals surface area (Å²) in [5.41, 5.74) is 2.24. The molecule has 0 aliphatic carbocycles. The maximum absolute atomic E-state index is 12.5. The lowest BCUT2D eigenvalue weighted by Gasteiger charge is -2.14. The Morgan fingerprint density at radius 1 is 1.00 bits per heavy atom. The molecule has 2 heterocycles. The number of hydrogen-bond acceptors (Lipinski definition) is 4. The van der Waals surface area contributed by atoms with Crippen molar-refractivity contribution in [2.24, 2.45) is 7.05 Å². The van der Waals surface area contributed by atoms with Gasteiger partial charge < -0.3 is 25.8 Å². The van der Waals surface area contributed by atoms with Crippen LogP contribution in [0.2, 0.25) is 0 Å². The quantitative estimate of drug-likeness (QED) is 0.436. The molecule has 4 N–H and O–H groups in total. The third-order valence-corrected chi connectivity index (χ3v) is 5.36. The Bertz CT molecular complexity index is 1220. The molecule has 32 heavy (non-hydrogen) atoms. The van der Waals surface area contributed by atoms with Gasteiger partial charge >= 0.3 is 0 Å². The highest BCUT2D eigenvalue weighted by Crippen LogP contribution is 2.19. The van der Waals surface area contributed by atoms with E-state index in [1.807, 2.05) is 41.9 Å². The largest absolute Gasteiger partial charge is 0.354 e. The zero-order valence-electron chi connectivity index (χ0n) is 17.5. The zero-order valence-corrected chi connectivity index (χ0v) is 17.5. The van der Waals surface area contributed by atoms with Crippen LogP contribution in [0, 0.1) is 0 Å². The van der Waals surface area contributed by atoms with E-state index in [4.69, 9.17) is 0 Å². The van der Waals surface area contributed by atoms with Gasteiger partial charge in [0.25, 0.3) is 11.8 Å². The summed E-state index contributed by atoms with van der Waals surface area (Å²) in [6.45, 7) is 0.414. The minimum absolute atomic E-state index is 0.191. The molecule has 0 saturated carbocycles. The molecular formula is C23H23N5O4. The van der Waals surface area contributed by atoms with Gasteiger partial charge in [-0.05, 0) is 24.3 Å². The molecule has 9 nitrogen and oxygen atoms in total. The smallest absolute Gasteiger partial charge is 0.267 e. The number of anilines is 1. The van der Waals surface area contributed by atoms with E-state index in [1.165, 1.54) is 0 Å². The minimum atomic E-state index is -0.986. The number of nitrogens with one attached hydrogen (secondary N) is 4. The van der Waals surface area contributed by atoms with Crippen molar-refractivity contribution >= 4 is 40.2 Å². The van der Waals surface area contributed by atoms with Gasteiger partial charge in [0.1, 0.15) is 11.7 Å². The van der Waals surface area contributed by atoms with Crippen molar-refractivity contribution in [1.82, 2.24) is 20.5 Å². The monoisotopic (exact) mass is 433 g/mol. The maximum Gasteiger partial charge on any atom is 0.267 e. The van der Waals surface area contributed by atoms with Gasteiger partial charge in [-0.1, -0.05) is 30.3 Å². The van der Waals surface area contributed by atoms with Crippen molar-refractivity contribution in [2.45, 2.75) is 12.5 Å². The van der Waals surface area contributed by atoms with E-state index in [0.29, 0.717) is 16.9 Å². The van der Waals surface area contributed by atoms with E-state index in [0.717, 1.165) is 10.9 Å². The van der Waals surface area contributed by atoms with Crippen LogP contribution in [-0.4, -0.2) is 47.3 Å². The standard InChI is InChI=1S/C23H23N5O4/c1-28-18-9-5-2-6-14(18)12-19(28)23(32)25-11-10-24-20(29)13-17-22(31)26-16-8-4-3-7-15(16)21(30)27-17/h2-9,12,17H,10-11,13H2,1H3,(H,24,29)(H,25,32)(H,26,31)(H,27,30). The van der Waals surface area contributed by atoms with E-state index < -0.39 is 23.8 Å². The Kier molecular flexibility index (Phi) is 5.89. The normalized spacial score (nSPS) is 15.3. The van der Waals surface area contributed by atoms with Crippen LogP contribution in [0.1, 0.15) is 27.3 Å². The molecule has 0 bridgehead atoms. The molecule has 164 valence electrons. The Balaban J connectivity index is 1.26. The number of aromatic nitrogens is 1. The number of fused-ring (bicyclic) bond motifs is 2. The first-order valence-electron chi connectivity index (χ1n) is 10.2. The first kappa shape index (κ1) is 21.1. The van der Waals surface area contributed by atoms with E-state index in [-0.39, 0.29) is 25.4 Å². The molecule has 4 rings (SSSR count). The molecule has 0 spiro atoms. The molecule has 1 aromatic heterocycles. The first-order valence-corrected chi connectivity index (χ1v) is 10.2. The fourth-order valence-corrected chi connectivity index (χ4v) is 3.69. The van der Waals surface area contributed by atoms with Crippen molar-refractivity contribution in [1.29, 1.82) is 0 Å². The van der Waals surface area contributed by atoms with Crippen LogP contribution in [0.25, 0.3) is 10.9 Å². The number of para-hydroxylation sites is 2. The van der Waals surface area contributed by atoms with Gasteiger partial charge in [-0.25, -0.2) is 0 Å². The Morgan fingerprint density at radius 3 is 2.53 bits per heavy atom. The summed E-state index contributed by atoms with van der Waals surface area (Å²) in [5.74, 6) is -1.53. The summed E-state index contributed by atoms with van der Waals surface area (Å²) >= 11 is 0. The fourth-order valence-electron chi connectivity index (χ4n) is 3.69. The van der Waals surface area contributed by atoms with Crippen LogP contribution in [0.3, 0.4) is 0 Å².